The maximum Gasteiger partial charge on any atom is 0.354 e. The van der Waals surface area contributed by atoms with Crippen LogP contribution >= 0.6 is 22.9 Å². The lowest BCUT2D eigenvalue weighted by atomic mass is 10.3. The molecule has 0 radical (unpaired) electrons. The molecular weight excluding hydrogens is 258 g/mol. The molecule has 90 valence electrons. The van der Waals surface area contributed by atoms with E-state index in [1.807, 2.05) is 12.1 Å². The van der Waals surface area contributed by atoms with Crippen LogP contribution in [0.25, 0.3) is 10.6 Å². The van der Waals surface area contributed by atoms with Crippen molar-refractivity contribution in [2.24, 2.45) is 0 Å². The van der Waals surface area contributed by atoms with Crippen LogP contribution in [0.15, 0.2) is 18.2 Å². The first kappa shape index (κ1) is 12.2. The van der Waals surface area contributed by atoms with Gasteiger partial charge in [0.15, 0.2) is 0 Å². The Bertz CT molecular complexity index is 544. The first-order valence-corrected chi connectivity index (χ1v) is 6.41. The monoisotopic (exact) mass is 269 g/mol. The van der Waals surface area contributed by atoms with Gasteiger partial charge in [0.25, 0.3) is 0 Å². The Balaban J connectivity index is 2.33. The molecule has 3 nitrogen and oxygen atoms in total. The second-order valence-electron chi connectivity index (χ2n) is 3.51. The SMILES string of the molecule is CCc1sc(-c2ccc(C(=O)OC)[nH]2)cc1Cl. The number of aromatic nitrogens is 1. The molecule has 2 heterocycles. The average molecular weight is 270 g/mol. The summed E-state index contributed by atoms with van der Waals surface area (Å²) in [6.45, 7) is 2.07. The summed E-state index contributed by atoms with van der Waals surface area (Å²) in [4.78, 5) is 16.5. The van der Waals surface area contributed by atoms with E-state index in [2.05, 4.69) is 16.6 Å². The molecule has 0 amide bonds. The Morgan fingerprint density at radius 2 is 2.29 bits per heavy atom. The van der Waals surface area contributed by atoms with Crippen LogP contribution in [0.3, 0.4) is 0 Å². The molecule has 0 aliphatic heterocycles. The highest BCUT2D eigenvalue weighted by molar-refractivity contribution is 7.16. The van der Waals surface area contributed by atoms with E-state index in [1.54, 1.807) is 17.4 Å². The molecular formula is C12H12ClNO2S. The standard InChI is InChI=1S/C12H12ClNO2S/c1-3-10-7(13)6-11(17-10)8-4-5-9(14-8)12(15)16-2/h4-6,14H,3H2,1-2H3. The maximum absolute atomic E-state index is 11.3. The minimum atomic E-state index is -0.366. The third-order valence-electron chi connectivity index (χ3n) is 2.44. The Morgan fingerprint density at radius 3 is 2.88 bits per heavy atom. The molecule has 0 fully saturated rings. The first-order valence-electron chi connectivity index (χ1n) is 5.21. The van der Waals surface area contributed by atoms with Crippen LogP contribution in [-0.4, -0.2) is 18.1 Å². The number of methoxy groups -OCH3 is 1. The van der Waals surface area contributed by atoms with Crippen LogP contribution in [-0.2, 0) is 11.2 Å². The fourth-order valence-corrected chi connectivity index (χ4v) is 2.94. The van der Waals surface area contributed by atoms with Crippen LogP contribution in [0.2, 0.25) is 5.02 Å². The van der Waals surface area contributed by atoms with E-state index in [1.165, 1.54) is 7.11 Å². The van der Waals surface area contributed by atoms with Crippen LogP contribution in [0.5, 0.6) is 0 Å². The Hall–Kier alpha value is -1.26. The molecule has 1 N–H and O–H groups in total. The number of halogens is 1. The first-order chi connectivity index (χ1) is 8.15. The van der Waals surface area contributed by atoms with Crippen molar-refractivity contribution in [1.29, 1.82) is 0 Å². The van der Waals surface area contributed by atoms with Gasteiger partial charge >= 0.3 is 5.97 Å². The predicted molar refractivity (Wildman–Crippen MR) is 69.8 cm³/mol. The summed E-state index contributed by atoms with van der Waals surface area (Å²) in [6.07, 6.45) is 0.911. The van der Waals surface area contributed by atoms with Crippen molar-refractivity contribution in [3.63, 3.8) is 0 Å². The number of rotatable bonds is 3. The number of nitrogens with one attached hydrogen (secondary N) is 1. The summed E-state index contributed by atoms with van der Waals surface area (Å²) in [6, 6.07) is 5.48. The molecule has 0 unspecified atom stereocenters. The van der Waals surface area contributed by atoms with E-state index < -0.39 is 0 Å². The number of H-pyrrole nitrogens is 1. The quantitative estimate of drug-likeness (QED) is 0.863. The van der Waals surface area contributed by atoms with E-state index in [0.717, 1.165) is 26.9 Å². The van der Waals surface area contributed by atoms with Crippen molar-refractivity contribution in [3.8, 4) is 10.6 Å². The normalized spacial score (nSPS) is 10.5. The van der Waals surface area contributed by atoms with Gasteiger partial charge in [-0.05, 0) is 24.6 Å². The van der Waals surface area contributed by atoms with E-state index >= 15 is 0 Å². The lowest BCUT2D eigenvalue weighted by Gasteiger charge is -1.94. The van der Waals surface area contributed by atoms with Gasteiger partial charge in [-0.1, -0.05) is 18.5 Å². The minimum absolute atomic E-state index is 0.366. The maximum atomic E-state index is 11.3. The summed E-state index contributed by atoms with van der Waals surface area (Å²) in [5.41, 5.74) is 1.34. The predicted octanol–water partition coefficient (Wildman–Crippen LogP) is 3.75. The molecule has 0 aromatic carbocycles. The number of esters is 1. The molecule has 5 heteroatoms. The summed E-state index contributed by atoms with van der Waals surface area (Å²) in [5, 5.41) is 0.779. The van der Waals surface area contributed by atoms with E-state index in [0.29, 0.717) is 5.69 Å². The third-order valence-corrected chi connectivity index (χ3v) is 4.20. The zero-order valence-corrected chi connectivity index (χ0v) is 11.1. The van der Waals surface area contributed by atoms with Crippen molar-refractivity contribution < 1.29 is 9.53 Å². The molecule has 17 heavy (non-hydrogen) atoms. The third kappa shape index (κ3) is 2.37. The van der Waals surface area contributed by atoms with Gasteiger partial charge in [0.2, 0.25) is 0 Å². The van der Waals surface area contributed by atoms with Gasteiger partial charge in [-0.2, -0.15) is 0 Å². The number of hydrogen-bond donors (Lipinski definition) is 1. The fraction of sp³-hybridized carbons (Fsp3) is 0.250. The fourth-order valence-electron chi connectivity index (χ4n) is 1.55. The molecule has 0 atom stereocenters. The Kier molecular flexibility index (Phi) is 3.54. The number of ether oxygens (including phenoxy) is 1. The second-order valence-corrected chi connectivity index (χ2v) is 5.06. The molecule has 0 aliphatic carbocycles. The number of carbonyl (C=O) groups is 1. The molecule has 0 bridgehead atoms. The number of thiophene rings is 1. The van der Waals surface area contributed by atoms with Crippen LogP contribution in [0, 0.1) is 0 Å². The van der Waals surface area contributed by atoms with Crippen molar-refractivity contribution in [2.75, 3.05) is 7.11 Å². The van der Waals surface area contributed by atoms with Gasteiger partial charge in [-0.15, -0.1) is 11.3 Å². The summed E-state index contributed by atoms with van der Waals surface area (Å²) in [5.74, 6) is -0.366. The molecule has 2 rings (SSSR count). The van der Waals surface area contributed by atoms with Gasteiger partial charge in [-0.25, -0.2) is 4.79 Å². The number of aryl methyl sites for hydroxylation is 1. The van der Waals surface area contributed by atoms with Crippen molar-refractivity contribution in [1.82, 2.24) is 4.98 Å². The Labute approximate surface area is 108 Å². The van der Waals surface area contributed by atoms with Crippen LogP contribution in [0.4, 0.5) is 0 Å². The van der Waals surface area contributed by atoms with E-state index in [4.69, 9.17) is 11.6 Å². The van der Waals surface area contributed by atoms with E-state index in [9.17, 15) is 4.79 Å². The molecule has 0 aliphatic rings. The number of hydrogen-bond acceptors (Lipinski definition) is 3. The molecule has 0 spiro atoms. The van der Waals surface area contributed by atoms with Crippen LogP contribution in [0.1, 0.15) is 22.3 Å². The zero-order chi connectivity index (χ0) is 12.4. The average Bonchev–Trinajstić information content (AvgIpc) is 2.94. The van der Waals surface area contributed by atoms with Gasteiger partial charge in [0.05, 0.1) is 22.7 Å². The zero-order valence-electron chi connectivity index (χ0n) is 9.54. The van der Waals surface area contributed by atoms with Crippen molar-refractivity contribution in [3.05, 3.63) is 33.8 Å². The lowest BCUT2D eigenvalue weighted by molar-refractivity contribution is 0.0595. The van der Waals surface area contributed by atoms with Gasteiger partial charge in [0, 0.05) is 4.88 Å². The highest BCUT2D eigenvalue weighted by Crippen LogP contribution is 2.34. The number of aromatic amines is 1. The van der Waals surface area contributed by atoms with Crippen molar-refractivity contribution in [2.45, 2.75) is 13.3 Å². The van der Waals surface area contributed by atoms with Gasteiger partial charge in [-0.3, -0.25) is 0 Å². The highest BCUT2D eigenvalue weighted by atomic mass is 35.5. The smallest absolute Gasteiger partial charge is 0.354 e. The molecule has 0 saturated carbocycles. The number of carbonyl (C=O) groups excluding carboxylic acids is 1. The summed E-state index contributed by atoms with van der Waals surface area (Å²) in [7, 11) is 1.36. The molecule has 2 aromatic heterocycles. The van der Waals surface area contributed by atoms with Crippen molar-refractivity contribution >= 4 is 28.9 Å². The van der Waals surface area contributed by atoms with Gasteiger partial charge in [0.1, 0.15) is 5.69 Å². The van der Waals surface area contributed by atoms with Crippen LogP contribution < -0.4 is 0 Å². The lowest BCUT2D eigenvalue weighted by Crippen LogP contribution is -2.00. The largest absolute Gasteiger partial charge is 0.464 e. The molecule has 0 saturated heterocycles. The van der Waals surface area contributed by atoms with Gasteiger partial charge < -0.3 is 9.72 Å². The highest BCUT2D eigenvalue weighted by Gasteiger charge is 2.12. The molecule has 2 aromatic rings. The minimum Gasteiger partial charge on any atom is -0.464 e. The Morgan fingerprint density at radius 1 is 1.53 bits per heavy atom. The topological polar surface area (TPSA) is 42.1 Å². The second kappa shape index (κ2) is 4.94. The summed E-state index contributed by atoms with van der Waals surface area (Å²) >= 11 is 7.73. The van der Waals surface area contributed by atoms with E-state index in [-0.39, 0.29) is 5.97 Å². The summed E-state index contributed by atoms with van der Waals surface area (Å²) < 4.78 is 4.64.